The third-order valence-electron chi connectivity index (χ3n) is 4.35. The molecule has 1 atom stereocenters. The molecule has 0 aromatic carbocycles. The molecule has 6 N–H and O–H groups in total. The number of fused-ring (bicyclic) bond motifs is 1. The molecule has 0 aliphatic carbocycles. The van der Waals surface area contributed by atoms with Gasteiger partial charge in [0.25, 0.3) is 5.56 Å². The maximum absolute atomic E-state index is 12.4. The third kappa shape index (κ3) is 5.06. The molecule has 0 saturated carbocycles. The van der Waals surface area contributed by atoms with Crippen molar-refractivity contribution in [3.05, 3.63) is 16.7 Å². The number of aromatic amines is 1. The monoisotopic (exact) mass is 396 g/mol. The highest BCUT2D eigenvalue weighted by atomic mass is 16.6. The number of nitrogens with one attached hydrogen (secondary N) is 1. The van der Waals surface area contributed by atoms with Gasteiger partial charge in [-0.2, -0.15) is 4.98 Å². The van der Waals surface area contributed by atoms with Crippen LogP contribution in [0.3, 0.4) is 0 Å². The fraction of sp³-hybridized carbons (Fsp3) is 0.647. The van der Waals surface area contributed by atoms with E-state index >= 15 is 0 Å². The lowest BCUT2D eigenvalue weighted by molar-refractivity contribution is -0.157. The summed E-state index contributed by atoms with van der Waals surface area (Å²) in [6.07, 6.45) is 3.16. The Morgan fingerprint density at radius 1 is 1.39 bits per heavy atom. The maximum atomic E-state index is 12.4. The van der Waals surface area contributed by atoms with Crippen LogP contribution in [0.4, 0.5) is 5.95 Å². The van der Waals surface area contributed by atoms with E-state index in [1.54, 1.807) is 0 Å². The molecule has 11 nitrogen and oxygen atoms in total. The Morgan fingerprint density at radius 3 is 2.68 bits per heavy atom. The van der Waals surface area contributed by atoms with Gasteiger partial charge in [0, 0.05) is 0 Å². The summed E-state index contributed by atoms with van der Waals surface area (Å²) in [6.45, 7) is 3.32. The molecule has 0 aliphatic rings. The lowest BCUT2D eigenvalue weighted by atomic mass is 9.90. The molecule has 0 fully saturated rings. The number of esters is 1. The number of ether oxygens (including phenoxy) is 2. The number of imidazole rings is 1. The van der Waals surface area contributed by atoms with Crippen molar-refractivity contribution in [2.45, 2.75) is 57.9 Å². The van der Waals surface area contributed by atoms with E-state index in [1.165, 1.54) is 10.9 Å². The van der Waals surface area contributed by atoms with Gasteiger partial charge in [0.15, 0.2) is 11.2 Å². The number of carbonyl (C=O) groups is 1. The van der Waals surface area contributed by atoms with Crippen molar-refractivity contribution < 1.29 is 19.4 Å². The van der Waals surface area contributed by atoms with E-state index in [-0.39, 0.29) is 37.1 Å². The Bertz CT molecular complexity index is 842. The minimum absolute atomic E-state index is 0.0435. The van der Waals surface area contributed by atoms with Gasteiger partial charge in [0.1, 0.15) is 25.0 Å². The van der Waals surface area contributed by atoms with Gasteiger partial charge in [-0.1, -0.05) is 26.7 Å². The number of H-pyrrole nitrogens is 1. The summed E-state index contributed by atoms with van der Waals surface area (Å²) in [7, 11) is 0. The highest BCUT2D eigenvalue weighted by molar-refractivity contribution is 5.80. The van der Waals surface area contributed by atoms with Crippen LogP contribution in [0, 0.1) is 0 Å². The van der Waals surface area contributed by atoms with E-state index in [0.717, 1.165) is 12.8 Å². The zero-order valence-corrected chi connectivity index (χ0v) is 16.2. The first-order valence-electron chi connectivity index (χ1n) is 9.23. The number of aliphatic hydroxyl groups is 1. The molecule has 0 spiro atoms. The van der Waals surface area contributed by atoms with Crippen LogP contribution in [0.1, 0.15) is 39.5 Å². The number of hydrogen-bond acceptors (Lipinski definition) is 9. The molecule has 0 aliphatic heterocycles. The van der Waals surface area contributed by atoms with Crippen LogP contribution < -0.4 is 17.0 Å². The van der Waals surface area contributed by atoms with Gasteiger partial charge in [-0.05, 0) is 12.8 Å². The molecule has 0 bridgehead atoms. The molecular weight excluding hydrogens is 368 g/mol. The summed E-state index contributed by atoms with van der Waals surface area (Å²) in [4.78, 5) is 34.5. The van der Waals surface area contributed by atoms with Crippen LogP contribution in [-0.4, -0.2) is 55.5 Å². The summed E-state index contributed by atoms with van der Waals surface area (Å²) in [6, 6.07) is 0. The zero-order valence-electron chi connectivity index (χ0n) is 16.2. The molecule has 2 heterocycles. The van der Waals surface area contributed by atoms with Crippen molar-refractivity contribution >= 4 is 23.1 Å². The van der Waals surface area contributed by atoms with E-state index in [1.807, 2.05) is 13.8 Å². The number of carbonyl (C=O) groups excluding carboxylic acids is 1. The highest BCUT2D eigenvalue weighted by Crippen LogP contribution is 2.19. The van der Waals surface area contributed by atoms with Crippen molar-refractivity contribution in [2.24, 2.45) is 5.73 Å². The Morgan fingerprint density at radius 2 is 2.07 bits per heavy atom. The largest absolute Gasteiger partial charge is 0.461 e. The lowest BCUT2D eigenvalue weighted by Gasteiger charge is -2.27. The first kappa shape index (κ1) is 21.8. The number of anilines is 1. The van der Waals surface area contributed by atoms with Gasteiger partial charge in [-0.25, -0.2) is 4.98 Å². The normalized spacial score (nSPS) is 13.0. The Balaban J connectivity index is 1.98. The zero-order chi connectivity index (χ0) is 20.7. The molecule has 2 aromatic heterocycles. The van der Waals surface area contributed by atoms with E-state index in [4.69, 9.17) is 20.9 Å². The first-order valence-corrected chi connectivity index (χ1v) is 9.23. The number of nitrogens with two attached hydrogens (primary N) is 2. The number of aromatic nitrogens is 4. The predicted molar refractivity (Wildman–Crippen MR) is 102 cm³/mol. The van der Waals surface area contributed by atoms with E-state index in [9.17, 15) is 14.7 Å². The third-order valence-corrected chi connectivity index (χ3v) is 4.35. The lowest BCUT2D eigenvalue weighted by Crippen LogP contribution is -2.49. The summed E-state index contributed by atoms with van der Waals surface area (Å²) in [5.74, 6) is -0.551. The van der Waals surface area contributed by atoms with Crippen molar-refractivity contribution in [3.63, 3.8) is 0 Å². The maximum Gasteiger partial charge on any atom is 0.326 e. The quantitative estimate of drug-likeness (QED) is 0.378. The van der Waals surface area contributed by atoms with Crippen LogP contribution in [0.5, 0.6) is 0 Å². The number of nitrogen functional groups attached to an aromatic ring is 1. The molecule has 0 saturated heterocycles. The Kier molecular flexibility index (Phi) is 7.49. The average molecular weight is 396 g/mol. The standard InChI is InChI=1S/C17H28N6O5/c1-3-5-17(19,6-4-2)15(26)27-8-11(7-24)28-10-23-9-20-12-13(23)21-16(18)22-14(12)25/h9,11,24H,3-8,10,19H2,1-2H3,(H3,18,21,22,25). The predicted octanol–water partition coefficient (Wildman–Crippen LogP) is -0.122. The second-order valence-electron chi connectivity index (χ2n) is 6.69. The number of aliphatic hydroxyl groups excluding tert-OH is 1. The Labute approximate surface area is 162 Å². The van der Waals surface area contributed by atoms with Crippen LogP contribution in [0.25, 0.3) is 11.2 Å². The molecule has 2 aromatic rings. The van der Waals surface area contributed by atoms with E-state index < -0.39 is 23.2 Å². The van der Waals surface area contributed by atoms with Gasteiger partial charge in [0.05, 0.1) is 12.9 Å². The smallest absolute Gasteiger partial charge is 0.326 e. The van der Waals surface area contributed by atoms with Gasteiger partial charge in [-0.3, -0.25) is 19.1 Å². The minimum atomic E-state index is -1.04. The molecule has 1 unspecified atom stereocenters. The average Bonchev–Trinajstić information content (AvgIpc) is 3.05. The van der Waals surface area contributed by atoms with Crippen molar-refractivity contribution in [2.75, 3.05) is 18.9 Å². The van der Waals surface area contributed by atoms with Crippen LogP contribution in [-0.2, 0) is 21.0 Å². The molecule has 11 heteroatoms. The molecular formula is C17H28N6O5. The molecule has 156 valence electrons. The fourth-order valence-electron chi connectivity index (χ4n) is 2.94. The van der Waals surface area contributed by atoms with Gasteiger partial charge in [0.2, 0.25) is 5.95 Å². The van der Waals surface area contributed by atoms with Crippen LogP contribution in [0.15, 0.2) is 11.1 Å². The van der Waals surface area contributed by atoms with Crippen LogP contribution >= 0.6 is 0 Å². The first-order chi connectivity index (χ1) is 13.3. The van der Waals surface area contributed by atoms with E-state index in [2.05, 4.69) is 15.0 Å². The van der Waals surface area contributed by atoms with Crippen molar-refractivity contribution in [3.8, 4) is 0 Å². The molecule has 0 radical (unpaired) electrons. The highest BCUT2D eigenvalue weighted by Gasteiger charge is 2.34. The summed E-state index contributed by atoms with van der Waals surface area (Å²) >= 11 is 0. The number of nitrogens with zero attached hydrogens (tertiary/aromatic N) is 3. The summed E-state index contributed by atoms with van der Waals surface area (Å²) < 4.78 is 12.3. The second kappa shape index (κ2) is 9.62. The number of rotatable bonds is 11. The van der Waals surface area contributed by atoms with Gasteiger partial charge >= 0.3 is 5.97 Å². The second-order valence-corrected chi connectivity index (χ2v) is 6.69. The van der Waals surface area contributed by atoms with Gasteiger partial charge in [-0.15, -0.1) is 0 Å². The fourth-order valence-corrected chi connectivity index (χ4v) is 2.94. The molecule has 28 heavy (non-hydrogen) atoms. The molecule has 0 amide bonds. The van der Waals surface area contributed by atoms with Crippen molar-refractivity contribution in [1.82, 2.24) is 19.5 Å². The number of hydrogen-bond donors (Lipinski definition) is 4. The summed E-state index contributed by atoms with van der Waals surface area (Å²) in [5.41, 5.74) is 10.6. The van der Waals surface area contributed by atoms with Crippen molar-refractivity contribution in [1.29, 1.82) is 0 Å². The molecule has 2 rings (SSSR count). The summed E-state index contributed by atoms with van der Waals surface area (Å²) in [5, 5.41) is 9.52. The Hall–Kier alpha value is -2.50. The SMILES string of the molecule is CCCC(N)(CCC)C(=O)OCC(CO)OCn1cnc2c(=O)[nH]c(N)nc21. The van der Waals surface area contributed by atoms with Gasteiger partial charge < -0.3 is 26.0 Å². The minimum Gasteiger partial charge on any atom is -0.461 e. The van der Waals surface area contributed by atoms with E-state index in [0.29, 0.717) is 12.8 Å². The topological polar surface area (TPSA) is 171 Å². The van der Waals surface area contributed by atoms with Crippen LogP contribution in [0.2, 0.25) is 0 Å².